The van der Waals surface area contributed by atoms with Crippen LogP contribution in [-0.4, -0.2) is 25.5 Å². The van der Waals surface area contributed by atoms with Crippen molar-refractivity contribution in [2.24, 2.45) is 0 Å². The van der Waals surface area contributed by atoms with Crippen LogP contribution in [0.2, 0.25) is 0 Å². The fourth-order valence-corrected chi connectivity index (χ4v) is 1.00. The molecule has 16 heavy (non-hydrogen) atoms. The average Bonchev–Trinajstić information content (AvgIpc) is 2.35. The van der Waals surface area contributed by atoms with Crippen molar-refractivity contribution in [2.75, 3.05) is 13.7 Å². The molecule has 0 bridgehead atoms. The van der Waals surface area contributed by atoms with Gasteiger partial charge in [-0.3, -0.25) is 4.79 Å². The van der Waals surface area contributed by atoms with E-state index in [0.29, 0.717) is 5.56 Å². The summed E-state index contributed by atoms with van der Waals surface area (Å²) >= 11 is 0. The quantitative estimate of drug-likeness (QED) is 0.327. The Morgan fingerprint density at radius 2 is 1.94 bits per heavy atom. The summed E-state index contributed by atoms with van der Waals surface area (Å²) in [6.45, 7) is -0.0997. The third-order valence-corrected chi connectivity index (χ3v) is 1.81. The first kappa shape index (κ1) is 12.0. The van der Waals surface area contributed by atoms with Crippen molar-refractivity contribution in [3.05, 3.63) is 48.2 Å². The highest BCUT2D eigenvalue weighted by Crippen LogP contribution is 2.00. The lowest BCUT2D eigenvalue weighted by atomic mass is 10.1. The smallest absolute Gasteiger partial charge is 0.333 e. The van der Waals surface area contributed by atoms with Crippen LogP contribution in [0.25, 0.3) is 0 Å². The molecule has 0 spiro atoms. The SMILES string of the molecule is COC(=O)C=COCC(=O)c1ccccc1. The lowest BCUT2D eigenvalue weighted by Crippen LogP contribution is -2.06. The first-order valence-corrected chi connectivity index (χ1v) is 4.68. The molecule has 0 aliphatic rings. The van der Waals surface area contributed by atoms with Gasteiger partial charge in [-0.25, -0.2) is 4.79 Å². The number of hydrogen-bond acceptors (Lipinski definition) is 4. The molecule has 0 saturated carbocycles. The molecule has 4 heteroatoms. The minimum atomic E-state index is -0.521. The van der Waals surface area contributed by atoms with Crippen LogP contribution in [0.3, 0.4) is 0 Å². The lowest BCUT2D eigenvalue weighted by molar-refractivity contribution is -0.134. The summed E-state index contributed by atoms with van der Waals surface area (Å²) in [4.78, 5) is 22.1. The molecule has 4 nitrogen and oxygen atoms in total. The number of Topliss-reactive ketones (excluding diaryl/α,β-unsaturated/α-hetero) is 1. The highest BCUT2D eigenvalue weighted by atomic mass is 16.5. The highest BCUT2D eigenvalue weighted by molar-refractivity contribution is 5.97. The van der Waals surface area contributed by atoms with Gasteiger partial charge in [0, 0.05) is 5.56 Å². The maximum atomic E-state index is 11.5. The van der Waals surface area contributed by atoms with E-state index in [-0.39, 0.29) is 12.4 Å². The second-order valence-corrected chi connectivity index (χ2v) is 2.93. The number of ether oxygens (including phenoxy) is 2. The molecule has 0 heterocycles. The van der Waals surface area contributed by atoms with Gasteiger partial charge in [0.25, 0.3) is 0 Å². The number of carbonyl (C=O) groups excluding carboxylic acids is 2. The van der Waals surface area contributed by atoms with Gasteiger partial charge in [-0.2, -0.15) is 0 Å². The van der Waals surface area contributed by atoms with Crippen LogP contribution in [0.1, 0.15) is 10.4 Å². The van der Waals surface area contributed by atoms with E-state index in [1.54, 1.807) is 24.3 Å². The van der Waals surface area contributed by atoms with Crippen LogP contribution in [-0.2, 0) is 14.3 Å². The number of rotatable bonds is 5. The summed E-state index contributed by atoms with van der Waals surface area (Å²) in [6, 6.07) is 8.79. The van der Waals surface area contributed by atoms with E-state index in [9.17, 15) is 9.59 Å². The molecule has 0 aliphatic carbocycles. The van der Waals surface area contributed by atoms with E-state index in [0.717, 1.165) is 12.3 Å². The molecule has 0 aromatic heterocycles. The summed E-state index contributed by atoms with van der Waals surface area (Å²) in [7, 11) is 1.27. The summed E-state index contributed by atoms with van der Waals surface area (Å²) in [6.07, 6.45) is 2.25. The Morgan fingerprint density at radius 3 is 2.56 bits per heavy atom. The minimum Gasteiger partial charge on any atom is -0.493 e. The maximum absolute atomic E-state index is 11.5. The summed E-state index contributed by atoms with van der Waals surface area (Å²) in [5.74, 6) is -0.665. The molecule has 0 fully saturated rings. The molecule has 1 aromatic rings. The van der Waals surface area contributed by atoms with Crippen LogP contribution in [0.15, 0.2) is 42.7 Å². The summed E-state index contributed by atoms with van der Waals surface area (Å²) < 4.78 is 9.24. The van der Waals surface area contributed by atoms with Crippen LogP contribution < -0.4 is 0 Å². The number of methoxy groups -OCH3 is 1. The van der Waals surface area contributed by atoms with Crippen molar-refractivity contribution in [1.82, 2.24) is 0 Å². The number of hydrogen-bond donors (Lipinski definition) is 0. The first-order valence-electron chi connectivity index (χ1n) is 4.68. The molecule has 0 amide bonds. The fraction of sp³-hybridized carbons (Fsp3) is 0.167. The van der Waals surface area contributed by atoms with E-state index in [4.69, 9.17) is 4.74 Å². The minimum absolute atomic E-state index is 0.0997. The Hall–Kier alpha value is -2.10. The Bertz CT molecular complexity index is 381. The molecule has 0 atom stereocenters. The van der Waals surface area contributed by atoms with Gasteiger partial charge in [-0.15, -0.1) is 0 Å². The molecule has 0 radical (unpaired) electrons. The van der Waals surface area contributed by atoms with Gasteiger partial charge in [0.05, 0.1) is 19.4 Å². The van der Waals surface area contributed by atoms with Crippen molar-refractivity contribution in [2.45, 2.75) is 0 Å². The Labute approximate surface area is 93.5 Å². The molecule has 84 valence electrons. The van der Waals surface area contributed by atoms with Crippen LogP contribution >= 0.6 is 0 Å². The van der Waals surface area contributed by atoms with E-state index in [1.165, 1.54) is 7.11 Å². The zero-order valence-electron chi connectivity index (χ0n) is 8.88. The average molecular weight is 220 g/mol. The summed E-state index contributed by atoms with van der Waals surface area (Å²) in [5.41, 5.74) is 0.578. The molecule has 0 unspecified atom stereocenters. The Morgan fingerprint density at radius 1 is 1.25 bits per heavy atom. The number of ketones is 1. The zero-order valence-corrected chi connectivity index (χ0v) is 8.88. The van der Waals surface area contributed by atoms with Gasteiger partial charge in [-0.05, 0) is 0 Å². The number of carbonyl (C=O) groups is 2. The Balaban J connectivity index is 2.37. The Kier molecular flexibility index (Phi) is 4.79. The third-order valence-electron chi connectivity index (χ3n) is 1.81. The molecular weight excluding hydrogens is 208 g/mol. The van der Waals surface area contributed by atoms with Gasteiger partial charge in [0.15, 0.2) is 12.4 Å². The first-order chi connectivity index (χ1) is 7.74. The van der Waals surface area contributed by atoms with Crippen molar-refractivity contribution >= 4 is 11.8 Å². The fourth-order valence-electron chi connectivity index (χ4n) is 1.00. The van der Waals surface area contributed by atoms with Gasteiger partial charge >= 0.3 is 5.97 Å². The molecule has 0 saturated heterocycles. The predicted molar refractivity (Wildman–Crippen MR) is 57.9 cm³/mol. The molecule has 1 rings (SSSR count). The number of esters is 1. The van der Waals surface area contributed by atoms with Gasteiger partial charge < -0.3 is 9.47 Å². The van der Waals surface area contributed by atoms with Crippen molar-refractivity contribution < 1.29 is 19.1 Å². The summed E-state index contributed by atoms with van der Waals surface area (Å²) in [5, 5.41) is 0. The van der Waals surface area contributed by atoms with Crippen LogP contribution in [0.4, 0.5) is 0 Å². The second kappa shape index (κ2) is 6.40. The second-order valence-electron chi connectivity index (χ2n) is 2.93. The van der Waals surface area contributed by atoms with E-state index < -0.39 is 5.97 Å². The van der Waals surface area contributed by atoms with E-state index in [1.807, 2.05) is 6.07 Å². The topological polar surface area (TPSA) is 52.6 Å². The molecule has 0 N–H and O–H groups in total. The zero-order chi connectivity index (χ0) is 11.8. The van der Waals surface area contributed by atoms with Gasteiger partial charge in [-0.1, -0.05) is 30.3 Å². The predicted octanol–water partition coefficient (Wildman–Crippen LogP) is 1.57. The van der Waals surface area contributed by atoms with Gasteiger partial charge in [0.2, 0.25) is 0 Å². The standard InChI is InChI=1S/C12H12O4/c1-15-12(14)7-8-16-9-11(13)10-5-3-2-4-6-10/h2-8H,9H2,1H3. The van der Waals surface area contributed by atoms with Crippen molar-refractivity contribution in [3.63, 3.8) is 0 Å². The third kappa shape index (κ3) is 3.96. The van der Waals surface area contributed by atoms with E-state index in [2.05, 4.69) is 4.74 Å². The van der Waals surface area contributed by atoms with Crippen LogP contribution in [0.5, 0.6) is 0 Å². The lowest BCUT2D eigenvalue weighted by Gasteiger charge is -2.00. The normalized spacial score (nSPS) is 10.1. The largest absolute Gasteiger partial charge is 0.493 e. The van der Waals surface area contributed by atoms with Crippen LogP contribution in [0, 0.1) is 0 Å². The van der Waals surface area contributed by atoms with Gasteiger partial charge in [0.1, 0.15) is 0 Å². The monoisotopic (exact) mass is 220 g/mol. The highest BCUT2D eigenvalue weighted by Gasteiger charge is 2.03. The van der Waals surface area contributed by atoms with Crippen molar-refractivity contribution in [3.8, 4) is 0 Å². The van der Waals surface area contributed by atoms with E-state index >= 15 is 0 Å². The van der Waals surface area contributed by atoms with Crippen molar-refractivity contribution in [1.29, 1.82) is 0 Å². The maximum Gasteiger partial charge on any atom is 0.333 e. The molecule has 0 aliphatic heterocycles. The number of benzene rings is 1. The molecule has 1 aromatic carbocycles. The molecular formula is C12H12O4.